The summed E-state index contributed by atoms with van der Waals surface area (Å²) in [5, 5.41) is 3.31. The number of halogens is 1. The summed E-state index contributed by atoms with van der Waals surface area (Å²) in [6.45, 7) is 7.16. The van der Waals surface area contributed by atoms with Gasteiger partial charge >= 0.3 is 0 Å². The molecule has 0 saturated carbocycles. The zero-order valence-electron chi connectivity index (χ0n) is 22.8. The summed E-state index contributed by atoms with van der Waals surface area (Å²) in [4.78, 5) is 28.7. The van der Waals surface area contributed by atoms with Crippen LogP contribution in [0.25, 0.3) is 0 Å². The quantitative estimate of drug-likeness (QED) is 0.324. The molecule has 0 radical (unpaired) electrons. The fourth-order valence-electron chi connectivity index (χ4n) is 4.37. The van der Waals surface area contributed by atoms with Crippen LogP contribution in [0.15, 0.2) is 83.8 Å². The standard InChI is InChI=1S/C30H36ClN3O4S/c1-5-27(30(36)32-22(2)3)33(20-19-24-12-7-6-8-13-24)29(35)21-34(28-14-10-9-11-23(28)4)39(37,38)26-17-15-25(31)16-18-26/h6-18,22,27H,5,19-21H2,1-4H3,(H,32,36)/t27-/m1/s1. The van der Waals surface area contributed by atoms with E-state index in [0.29, 0.717) is 29.1 Å². The van der Waals surface area contributed by atoms with Gasteiger partial charge in [0, 0.05) is 17.6 Å². The molecule has 1 N–H and O–H groups in total. The lowest BCUT2D eigenvalue weighted by Gasteiger charge is -2.34. The number of nitrogens with zero attached hydrogens (tertiary/aromatic N) is 2. The van der Waals surface area contributed by atoms with Crippen LogP contribution in [0, 0.1) is 6.92 Å². The van der Waals surface area contributed by atoms with Crippen LogP contribution < -0.4 is 9.62 Å². The van der Waals surface area contributed by atoms with Crippen LogP contribution in [0.3, 0.4) is 0 Å². The van der Waals surface area contributed by atoms with Gasteiger partial charge in [-0.2, -0.15) is 0 Å². The lowest BCUT2D eigenvalue weighted by molar-refractivity contribution is -0.139. The monoisotopic (exact) mass is 569 g/mol. The maximum Gasteiger partial charge on any atom is 0.264 e. The maximum atomic E-state index is 14.0. The SMILES string of the molecule is CC[C@H](C(=O)NC(C)C)N(CCc1ccccc1)C(=O)CN(c1ccccc1C)S(=O)(=O)c1ccc(Cl)cc1. The molecule has 208 valence electrons. The first-order chi connectivity index (χ1) is 18.5. The Balaban J connectivity index is 2.02. The van der Waals surface area contributed by atoms with E-state index in [4.69, 9.17) is 11.6 Å². The minimum atomic E-state index is -4.13. The predicted octanol–water partition coefficient (Wildman–Crippen LogP) is 5.22. The van der Waals surface area contributed by atoms with Crippen molar-refractivity contribution in [2.24, 2.45) is 0 Å². The van der Waals surface area contributed by atoms with Crippen molar-refractivity contribution in [1.82, 2.24) is 10.2 Å². The van der Waals surface area contributed by atoms with Gasteiger partial charge in [0.05, 0.1) is 10.6 Å². The van der Waals surface area contributed by atoms with Crippen LogP contribution in [0.1, 0.15) is 38.3 Å². The highest BCUT2D eigenvalue weighted by atomic mass is 35.5. The summed E-state index contributed by atoms with van der Waals surface area (Å²) < 4.78 is 28.9. The smallest absolute Gasteiger partial charge is 0.264 e. The third-order valence-electron chi connectivity index (χ3n) is 6.37. The van der Waals surface area contributed by atoms with E-state index in [1.54, 1.807) is 25.1 Å². The molecule has 3 aromatic rings. The van der Waals surface area contributed by atoms with Crippen molar-refractivity contribution in [2.45, 2.75) is 57.5 Å². The second kappa shape index (κ2) is 13.6. The molecule has 39 heavy (non-hydrogen) atoms. The molecule has 0 heterocycles. The highest BCUT2D eigenvalue weighted by Gasteiger charge is 2.34. The first-order valence-corrected chi connectivity index (χ1v) is 14.8. The third kappa shape index (κ3) is 7.83. The summed E-state index contributed by atoms with van der Waals surface area (Å²) in [5.74, 6) is -0.727. The number of hydrogen-bond acceptors (Lipinski definition) is 4. The first kappa shape index (κ1) is 30.2. The molecular weight excluding hydrogens is 534 g/mol. The fourth-order valence-corrected chi connectivity index (χ4v) is 5.97. The summed E-state index contributed by atoms with van der Waals surface area (Å²) in [5.41, 5.74) is 2.10. The second-order valence-electron chi connectivity index (χ2n) is 9.66. The number of aryl methyl sites for hydroxylation is 1. The molecule has 2 amide bonds. The second-order valence-corrected chi connectivity index (χ2v) is 12.0. The number of carbonyl (C=O) groups excluding carboxylic acids is 2. The van der Waals surface area contributed by atoms with Crippen molar-refractivity contribution in [2.75, 3.05) is 17.4 Å². The van der Waals surface area contributed by atoms with Crippen molar-refractivity contribution >= 4 is 39.1 Å². The van der Waals surface area contributed by atoms with Gasteiger partial charge in [-0.1, -0.05) is 67.1 Å². The van der Waals surface area contributed by atoms with Crippen LogP contribution in [0.2, 0.25) is 5.02 Å². The largest absolute Gasteiger partial charge is 0.352 e. The first-order valence-electron chi connectivity index (χ1n) is 13.0. The van der Waals surface area contributed by atoms with E-state index in [1.807, 2.05) is 57.2 Å². The molecule has 0 aliphatic heterocycles. The van der Waals surface area contributed by atoms with Gasteiger partial charge in [-0.25, -0.2) is 8.42 Å². The average Bonchev–Trinajstić information content (AvgIpc) is 2.90. The van der Waals surface area contributed by atoms with E-state index >= 15 is 0 Å². The van der Waals surface area contributed by atoms with Crippen LogP contribution in [-0.4, -0.2) is 50.3 Å². The molecule has 0 bridgehead atoms. The van der Waals surface area contributed by atoms with Gasteiger partial charge in [0.2, 0.25) is 11.8 Å². The normalized spacial score (nSPS) is 12.2. The molecule has 3 aromatic carbocycles. The summed E-state index contributed by atoms with van der Waals surface area (Å²) in [7, 11) is -4.13. The molecule has 3 rings (SSSR count). The van der Waals surface area contributed by atoms with Gasteiger partial charge in [-0.05, 0) is 75.1 Å². The number of rotatable bonds is 12. The zero-order chi connectivity index (χ0) is 28.6. The van der Waals surface area contributed by atoms with Gasteiger partial charge in [0.1, 0.15) is 12.6 Å². The molecule has 0 spiro atoms. The van der Waals surface area contributed by atoms with E-state index < -0.39 is 28.5 Å². The highest BCUT2D eigenvalue weighted by Crippen LogP contribution is 2.28. The minimum Gasteiger partial charge on any atom is -0.352 e. The Kier molecular flexibility index (Phi) is 10.5. The van der Waals surface area contributed by atoms with Crippen molar-refractivity contribution in [3.63, 3.8) is 0 Å². The molecule has 0 unspecified atom stereocenters. The minimum absolute atomic E-state index is 0.0170. The molecule has 0 aliphatic rings. The molecule has 0 aromatic heterocycles. The van der Waals surface area contributed by atoms with E-state index in [-0.39, 0.29) is 23.4 Å². The zero-order valence-corrected chi connectivity index (χ0v) is 24.4. The van der Waals surface area contributed by atoms with Crippen LogP contribution in [0.5, 0.6) is 0 Å². The Morgan fingerprint density at radius 1 is 0.923 bits per heavy atom. The summed E-state index contributed by atoms with van der Waals surface area (Å²) >= 11 is 6.00. The Labute approximate surface area is 236 Å². The number of nitrogens with one attached hydrogen (secondary N) is 1. The van der Waals surface area contributed by atoms with Crippen molar-refractivity contribution in [3.8, 4) is 0 Å². The Hall–Kier alpha value is -3.36. The maximum absolute atomic E-state index is 14.0. The highest BCUT2D eigenvalue weighted by molar-refractivity contribution is 7.92. The number of para-hydroxylation sites is 1. The summed E-state index contributed by atoms with van der Waals surface area (Å²) in [6.07, 6.45) is 0.902. The molecule has 0 fully saturated rings. The average molecular weight is 570 g/mol. The lowest BCUT2D eigenvalue weighted by Crippen LogP contribution is -2.54. The molecular formula is C30H36ClN3O4S. The third-order valence-corrected chi connectivity index (χ3v) is 8.39. The summed E-state index contributed by atoms with van der Waals surface area (Å²) in [6, 6.07) is 21.7. The lowest BCUT2D eigenvalue weighted by atomic mass is 10.1. The van der Waals surface area contributed by atoms with Gasteiger partial charge in [0.15, 0.2) is 0 Å². The van der Waals surface area contributed by atoms with Crippen LogP contribution in [0.4, 0.5) is 5.69 Å². The number of benzene rings is 3. The molecule has 9 heteroatoms. The molecule has 0 saturated heterocycles. The topological polar surface area (TPSA) is 86.8 Å². The number of hydrogen-bond donors (Lipinski definition) is 1. The van der Waals surface area contributed by atoms with Crippen molar-refractivity contribution in [1.29, 1.82) is 0 Å². The van der Waals surface area contributed by atoms with Crippen LogP contribution >= 0.6 is 11.6 Å². The molecule has 1 atom stereocenters. The van der Waals surface area contributed by atoms with Crippen molar-refractivity contribution < 1.29 is 18.0 Å². The number of carbonyl (C=O) groups is 2. The number of anilines is 1. The molecule has 0 aliphatic carbocycles. The van der Waals surface area contributed by atoms with Gasteiger partial charge in [0.25, 0.3) is 10.0 Å². The van der Waals surface area contributed by atoms with Gasteiger partial charge in [-0.15, -0.1) is 0 Å². The van der Waals surface area contributed by atoms with E-state index in [2.05, 4.69) is 5.32 Å². The molecule has 7 nitrogen and oxygen atoms in total. The fraction of sp³-hybridized carbons (Fsp3) is 0.333. The number of sulfonamides is 1. The van der Waals surface area contributed by atoms with E-state index in [0.717, 1.165) is 9.87 Å². The van der Waals surface area contributed by atoms with E-state index in [1.165, 1.54) is 29.2 Å². The Bertz CT molecular complexity index is 1360. The van der Waals surface area contributed by atoms with Gasteiger partial charge < -0.3 is 10.2 Å². The Morgan fingerprint density at radius 2 is 1.54 bits per heavy atom. The van der Waals surface area contributed by atoms with Gasteiger partial charge in [-0.3, -0.25) is 13.9 Å². The number of amides is 2. The van der Waals surface area contributed by atoms with Crippen molar-refractivity contribution in [3.05, 3.63) is 95.0 Å². The predicted molar refractivity (Wildman–Crippen MR) is 156 cm³/mol. The van der Waals surface area contributed by atoms with Crippen LogP contribution in [-0.2, 0) is 26.0 Å². The Morgan fingerprint density at radius 3 is 2.13 bits per heavy atom. The van der Waals surface area contributed by atoms with E-state index in [9.17, 15) is 18.0 Å².